The number of nitrogens with one attached hydrogen (secondary N) is 1. The van der Waals surface area contributed by atoms with Crippen molar-refractivity contribution in [3.8, 4) is 17.2 Å². The monoisotopic (exact) mass is 576 g/mol. The minimum atomic E-state index is -0.533. The lowest BCUT2D eigenvalue weighted by molar-refractivity contribution is -0.129. The number of methoxy groups -OCH3 is 1. The highest BCUT2D eigenvalue weighted by Crippen LogP contribution is 2.38. The Hall–Kier alpha value is -3.37. The Kier molecular flexibility index (Phi) is 8.85. The van der Waals surface area contributed by atoms with Gasteiger partial charge in [0.2, 0.25) is 0 Å². The van der Waals surface area contributed by atoms with E-state index in [9.17, 15) is 9.59 Å². The summed E-state index contributed by atoms with van der Waals surface area (Å²) in [6, 6.07) is 13.6. The van der Waals surface area contributed by atoms with Gasteiger partial charge in [-0.25, -0.2) is 10.2 Å². The van der Waals surface area contributed by atoms with Gasteiger partial charge in [0.25, 0.3) is 5.91 Å². The molecule has 2 aromatic carbocycles. The summed E-state index contributed by atoms with van der Waals surface area (Å²) < 4.78 is 22.5. The predicted octanol–water partition coefficient (Wildman–Crippen LogP) is 4.96. The maximum Gasteiger partial charge on any atom is 0.336 e. The first-order valence-electron chi connectivity index (χ1n) is 9.46. The van der Waals surface area contributed by atoms with Crippen molar-refractivity contribution >= 4 is 56.0 Å². The van der Waals surface area contributed by atoms with Gasteiger partial charge in [-0.1, -0.05) is 15.9 Å². The largest absolute Gasteiger partial charge is 0.493 e. The number of carbonyl (C=O) groups excluding carboxylic acids is 2. The molecule has 33 heavy (non-hydrogen) atoms. The number of amides is 1. The van der Waals surface area contributed by atoms with Crippen molar-refractivity contribution in [3.63, 3.8) is 0 Å². The first kappa shape index (κ1) is 24.3. The molecule has 0 saturated carbocycles. The molecular weight excluding hydrogens is 560 g/mol. The highest BCUT2D eigenvalue weighted by molar-refractivity contribution is 9.11. The molecule has 0 radical (unpaired) electrons. The Labute approximate surface area is 206 Å². The fourth-order valence-electron chi connectivity index (χ4n) is 2.49. The van der Waals surface area contributed by atoms with Crippen molar-refractivity contribution in [2.45, 2.75) is 0 Å². The summed E-state index contributed by atoms with van der Waals surface area (Å²) in [7, 11) is 1.51. The summed E-state index contributed by atoms with van der Waals surface area (Å²) >= 11 is 6.73. The smallest absolute Gasteiger partial charge is 0.336 e. The first-order valence-corrected chi connectivity index (χ1v) is 11.0. The summed E-state index contributed by atoms with van der Waals surface area (Å²) in [5, 5.41) is 3.90. The number of carbonyl (C=O) groups is 2. The van der Waals surface area contributed by atoms with Crippen molar-refractivity contribution in [2.75, 3.05) is 13.7 Å². The molecule has 1 aromatic heterocycles. The normalized spacial score (nSPS) is 11.0. The van der Waals surface area contributed by atoms with Crippen molar-refractivity contribution in [1.82, 2.24) is 5.43 Å². The number of benzene rings is 2. The summed E-state index contributed by atoms with van der Waals surface area (Å²) in [6.45, 7) is -0.256. The van der Waals surface area contributed by atoms with E-state index in [-0.39, 0.29) is 6.61 Å². The molecule has 0 spiro atoms. The molecule has 0 bridgehead atoms. The Morgan fingerprint density at radius 1 is 1.15 bits per heavy atom. The van der Waals surface area contributed by atoms with Gasteiger partial charge < -0.3 is 18.6 Å². The molecule has 0 aliphatic carbocycles. The SMILES string of the molecule is COc1cc(Br)cc(Br)c1OCC(=O)NN=Cc1ccc(OC(=O)C=Cc2ccco2)cc1. The average molecular weight is 578 g/mol. The Balaban J connectivity index is 1.46. The van der Waals surface area contributed by atoms with Crippen LogP contribution >= 0.6 is 31.9 Å². The molecule has 0 atom stereocenters. The molecule has 0 aliphatic heterocycles. The van der Waals surface area contributed by atoms with Crippen molar-refractivity contribution in [3.05, 3.63) is 81.1 Å². The quantitative estimate of drug-likeness (QED) is 0.127. The number of hydrogen-bond donors (Lipinski definition) is 1. The molecule has 170 valence electrons. The molecular formula is C23H18Br2N2O6. The zero-order valence-corrected chi connectivity index (χ0v) is 20.5. The second-order valence-corrected chi connectivity index (χ2v) is 8.11. The fourth-order valence-corrected chi connectivity index (χ4v) is 3.79. The zero-order chi connectivity index (χ0) is 23.6. The predicted molar refractivity (Wildman–Crippen MR) is 129 cm³/mol. The first-order chi connectivity index (χ1) is 15.9. The molecule has 0 fully saturated rings. The van der Waals surface area contributed by atoms with Gasteiger partial charge in [0, 0.05) is 10.5 Å². The van der Waals surface area contributed by atoms with Gasteiger partial charge in [-0.3, -0.25) is 4.79 Å². The average Bonchev–Trinajstić information content (AvgIpc) is 3.31. The van der Waals surface area contributed by atoms with Crippen molar-refractivity contribution < 1.29 is 28.2 Å². The third-order valence-electron chi connectivity index (χ3n) is 3.97. The lowest BCUT2D eigenvalue weighted by Crippen LogP contribution is -2.24. The topological polar surface area (TPSA) is 99.4 Å². The molecule has 10 heteroatoms. The fraction of sp³-hybridized carbons (Fsp3) is 0.0870. The van der Waals surface area contributed by atoms with Crippen molar-refractivity contribution in [1.29, 1.82) is 0 Å². The number of rotatable bonds is 9. The van der Waals surface area contributed by atoms with E-state index in [1.54, 1.807) is 48.5 Å². The number of hydrazone groups is 1. The molecule has 1 heterocycles. The molecule has 0 unspecified atom stereocenters. The van der Waals surface area contributed by atoms with Crippen LogP contribution in [0, 0.1) is 0 Å². The maximum absolute atomic E-state index is 12.0. The van der Waals surface area contributed by atoms with Crippen LogP contribution < -0.4 is 19.6 Å². The zero-order valence-electron chi connectivity index (χ0n) is 17.3. The van der Waals surface area contributed by atoms with Crippen LogP contribution in [0.4, 0.5) is 0 Å². The summed E-state index contributed by atoms with van der Waals surface area (Å²) in [4.78, 5) is 23.9. The van der Waals surface area contributed by atoms with Crippen LogP contribution in [0.25, 0.3) is 6.08 Å². The Bertz CT molecular complexity index is 1160. The highest BCUT2D eigenvalue weighted by atomic mass is 79.9. The lowest BCUT2D eigenvalue weighted by atomic mass is 10.2. The van der Waals surface area contributed by atoms with Gasteiger partial charge in [0.15, 0.2) is 18.1 Å². The van der Waals surface area contributed by atoms with Gasteiger partial charge in [0.05, 0.1) is 24.1 Å². The molecule has 1 N–H and O–H groups in total. The number of furan rings is 1. The van der Waals surface area contributed by atoms with Crippen LogP contribution in [-0.4, -0.2) is 31.8 Å². The van der Waals surface area contributed by atoms with E-state index >= 15 is 0 Å². The maximum atomic E-state index is 12.0. The minimum Gasteiger partial charge on any atom is -0.493 e. The highest BCUT2D eigenvalue weighted by Gasteiger charge is 2.12. The molecule has 0 saturated heterocycles. The third kappa shape index (κ3) is 7.62. The number of hydrogen-bond acceptors (Lipinski definition) is 7. The summed E-state index contributed by atoms with van der Waals surface area (Å²) in [5.74, 6) is 0.821. The van der Waals surface area contributed by atoms with Gasteiger partial charge in [0.1, 0.15) is 11.5 Å². The van der Waals surface area contributed by atoms with Gasteiger partial charge in [-0.15, -0.1) is 0 Å². The Morgan fingerprint density at radius 2 is 1.94 bits per heavy atom. The van der Waals surface area contributed by atoms with Crippen LogP contribution in [0.2, 0.25) is 0 Å². The second-order valence-electron chi connectivity index (χ2n) is 6.34. The van der Waals surface area contributed by atoms with Gasteiger partial charge in [-0.05, 0) is 76.1 Å². The van der Waals surface area contributed by atoms with Crippen LogP contribution in [0.5, 0.6) is 17.2 Å². The van der Waals surface area contributed by atoms with E-state index in [2.05, 4.69) is 42.4 Å². The molecule has 3 rings (SSSR count). The van der Waals surface area contributed by atoms with Crippen LogP contribution in [0.3, 0.4) is 0 Å². The van der Waals surface area contributed by atoms with Crippen molar-refractivity contribution in [2.24, 2.45) is 5.10 Å². The van der Waals surface area contributed by atoms with Gasteiger partial charge in [-0.2, -0.15) is 5.10 Å². The molecule has 3 aromatic rings. The lowest BCUT2D eigenvalue weighted by Gasteiger charge is -2.12. The van der Waals surface area contributed by atoms with Gasteiger partial charge >= 0.3 is 5.97 Å². The van der Waals surface area contributed by atoms with E-state index in [0.717, 1.165) is 4.47 Å². The number of halogens is 2. The number of nitrogens with zero attached hydrogens (tertiary/aromatic N) is 1. The van der Waals surface area contributed by atoms with E-state index in [0.29, 0.717) is 33.0 Å². The molecule has 8 nitrogen and oxygen atoms in total. The van der Waals surface area contributed by atoms with E-state index < -0.39 is 11.9 Å². The van der Waals surface area contributed by atoms with Crippen LogP contribution in [-0.2, 0) is 9.59 Å². The summed E-state index contributed by atoms with van der Waals surface area (Å²) in [6.07, 6.45) is 5.76. The number of esters is 1. The standard InChI is InChI=1S/C23H18Br2N2O6/c1-30-20-12-16(24)11-19(25)23(20)32-14-21(28)27-26-13-15-4-6-18(7-5-15)33-22(29)9-8-17-3-2-10-31-17/h2-13H,14H2,1H3,(H,27,28). The van der Waals surface area contributed by atoms with E-state index in [1.165, 1.54) is 31.7 Å². The molecule has 0 aliphatic rings. The van der Waals surface area contributed by atoms with E-state index in [4.69, 9.17) is 18.6 Å². The summed E-state index contributed by atoms with van der Waals surface area (Å²) in [5.41, 5.74) is 3.08. The second kappa shape index (κ2) is 12.0. The molecule has 1 amide bonds. The number of ether oxygens (including phenoxy) is 3. The third-order valence-corrected chi connectivity index (χ3v) is 5.02. The van der Waals surface area contributed by atoms with Crippen LogP contribution in [0.15, 0.2) is 79.3 Å². The van der Waals surface area contributed by atoms with E-state index in [1.807, 2.05) is 0 Å². The van der Waals surface area contributed by atoms with Crippen LogP contribution in [0.1, 0.15) is 11.3 Å². The minimum absolute atomic E-state index is 0.256. The Morgan fingerprint density at radius 3 is 2.64 bits per heavy atom.